The molecule has 15 heteroatoms. The van der Waals surface area contributed by atoms with E-state index in [9.17, 15) is 19.2 Å². The van der Waals surface area contributed by atoms with Gasteiger partial charge in [0.2, 0.25) is 11.8 Å². The molecule has 0 bridgehead atoms. The predicted molar refractivity (Wildman–Crippen MR) is 259 cm³/mol. The number of carbonyl (C=O) groups excluding carboxylic acids is 4. The highest BCUT2D eigenvalue weighted by Crippen LogP contribution is 2.48. The fourth-order valence-electron chi connectivity index (χ4n) is 10.1. The molecule has 3 aliphatic rings. The van der Waals surface area contributed by atoms with Crippen molar-refractivity contribution >= 4 is 51.8 Å². The van der Waals surface area contributed by atoms with Crippen LogP contribution >= 0.6 is 0 Å². The molecule has 3 aromatic carbocycles. The second kappa shape index (κ2) is 18.6. The summed E-state index contributed by atoms with van der Waals surface area (Å²) in [5.74, 6) is 0.624. The number of benzene rings is 3. The first kappa shape index (κ1) is 46.9. The highest BCUT2D eigenvalue weighted by Gasteiger charge is 2.42. The van der Waals surface area contributed by atoms with E-state index in [0.29, 0.717) is 37.6 Å². The molecule has 354 valence electrons. The van der Waals surface area contributed by atoms with Crippen molar-refractivity contribution in [3.63, 3.8) is 0 Å². The molecule has 3 aliphatic heterocycles. The monoisotopic (exact) mass is 912 g/mol. The molecule has 6 atom stereocenters. The quantitative estimate of drug-likeness (QED) is 0.0941. The number of rotatable bonds is 11. The van der Waals surface area contributed by atoms with Gasteiger partial charge in [-0.25, -0.2) is 19.6 Å². The lowest BCUT2D eigenvalue weighted by Gasteiger charge is -2.34. The van der Waals surface area contributed by atoms with Crippen LogP contribution in [-0.2, 0) is 24.5 Å². The molecule has 5 aromatic rings. The molecule has 15 nitrogen and oxygen atoms in total. The Balaban J connectivity index is 1.10. The second-order valence-electron chi connectivity index (χ2n) is 20.2. The van der Waals surface area contributed by atoms with Gasteiger partial charge < -0.3 is 44.8 Å². The Morgan fingerprint density at radius 3 is 1.45 bits per heavy atom. The van der Waals surface area contributed by atoms with Crippen LogP contribution in [0.4, 0.5) is 15.3 Å². The number of alkyl carbamates (subject to hydrolysis) is 2. The molecule has 3 fully saturated rings. The maximum absolute atomic E-state index is 14.0. The molecule has 0 spiro atoms. The minimum Gasteiger partial charge on any atom is -0.453 e. The van der Waals surface area contributed by atoms with E-state index in [4.69, 9.17) is 19.4 Å². The van der Waals surface area contributed by atoms with E-state index in [2.05, 4.69) is 120 Å². The zero-order valence-corrected chi connectivity index (χ0v) is 40.2. The number of hydrogen-bond donors (Lipinski definition) is 4. The largest absolute Gasteiger partial charge is 0.453 e. The number of methoxy groups -OCH3 is 2. The molecule has 0 aliphatic carbocycles. The van der Waals surface area contributed by atoms with Crippen molar-refractivity contribution < 1.29 is 28.7 Å². The van der Waals surface area contributed by atoms with Crippen LogP contribution in [0.3, 0.4) is 0 Å². The molecule has 4 amide bonds. The van der Waals surface area contributed by atoms with Gasteiger partial charge in [-0.2, -0.15) is 0 Å². The number of likely N-dealkylation sites (tertiary alicyclic amines) is 2. The second-order valence-corrected chi connectivity index (χ2v) is 20.2. The van der Waals surface area contributed by atoms with Crippen LogP contribution in [0.1, 0.15) is 127 Å². The minimum atomic E-state index is -0.763. The number of hydrogen-bond acceptors (Lipinski definition) is 9. The normalized spacial score (nSPS) is 20.9. The number of carbonyl (C=O) groups is 4. The summed E-state index contributed by atoms with van der Waals surface area (Å²) in [6.07, 6.45) is 1.61. The molecule has 0 saturated carbocycles. The standard InChI is InChI=1S/C52H65N9O6/c1-28(2)44(57-50(64)66-10)48(62)59-26-30(5)22-42(59)46-53-36-18-12-32(24-38(36)55-46)40-20-21-41(61(40)35-16-14-34(15-17-35)52(7,8)9)33-13-19-37-39(25-33)56-47(54-37)43-23-31(6)27-60(43)49(63)45(29(3)4)58-51(65)67-11/h12-19,24-25,28-29,40-45H,5-6,20-23,26-27H2,1-4,7-11H3,(H,53,55)(H,54,56)(H,57,64)(H,58,65)/t40-,41-,42+,43+,44+,45?/m1/s1. The number of amides is 4. The fraction of sp³-hybridized carbons (Fsp3) is 0.462. The van der Waals surface area contributed by atoms with Gasteiger partial charge >= 0.3 is 12.2 Å². The van der Waals surface area contributed by atoms with Crippen molar-refractivity contribution in [1.29, 1.82) is 0 Å². The van der Waals surface area contributed by atoms with E-state index in [-0.39, 0.29) is 53.2 Å². The van der Waals surface area contributed by atoms with Crippen LogP contribution in [0.15, 0.2) is 85.0 Å². The summed E-state index contributed by atoms with van der Waals surface area (Å²) in [5.41, 5.74) is 9.83. The van der Waals surface area contributed by atoms with Gasteiger partial charge in [-0.3, -0.25) is 9.59 Å². The highest BCUT2D eigenvalue weighted by atomic mass is 16.5. The number of H-pyrrole nitrogens is 2. The Morgan fingerprint density at radius 1 is 0.657 bits per heavy atom. The van der Waals surface area contributed by atoms with Crippen LogP contribution in [0.2, 0.25) is 0 Å². The van der Waals surface area contributed by atoms with Crippen molar-refractivity contribution in [1.82, 2.24) is 40.4 Å². The highest BCUT2D eigenvalue weighted by molar-refractivity contribution is 5.88. The van der Waals surface area contributed by atoms with Crippen molar-refractivity contribution in [2.24, 2.45) is 11.8 Å². The average Bonchev–Trinajstić information content (AvgIpc) is 4.15. The van der Waals surface area contributed by atoms with Gasteiger partial charge in [0.1, 0.15) is 23.7 Å². The maximum atomic E-state index is 14.0. The number of nitrogens with zero attached hydrogens (tertiary/aromatic N) is 5. The fourth-order valence-corrected chi connectivity index (χ4v) is 10.1. The lowest BCUT2D eigenvalue weighted by Crippen LogP contribution is -2.51. The van der Waals surface area contributed by atoms with Crippen molar-refractivity contribution in [2.45, 2.75) is 116 Å². The van der Waals surface area contributed by atoms with Gasteiger partial charge in [-0.15, -0.1) is 0 Å². The predicted octanol–water partition coefficient (Wildman–Crippen LogP) is 9.24. The third-order valence-corrected chi connectivity index (χ3v) is 13.7. The Kier molecular flexibility index (Phi) is 13.0. The molecule has 4 N–H and O–H groups in total. The summed E-state index contributed by atoms with van der Waals surface area (Å²) in [5, 5.41) is 5.45. The molecule has 3 saturated heterocycles. The third kappa shape index (κ3) is 9.37. The summed E-state index contributed by atoms with van der Waals surface area (Å²) < 4.78 is 9.67. The van der Waals surface area contributed by atoms with E-state index < -0.39 is 24.3 Å². The molecule has 5 heterocycles. The number of aromatic amines is 2. The summed E-state index contributed by atoms with van der Waals surface area (Å²) in [7, 11) is 2.58. The Labute approximate surface area is 392 Å². The summed E-state index contributed by atoms with van der Waals surface area (Å²) >= 11 is 0. The van der Waals surface area contributed by atoms with E-state index >= 15 is 0 Å². The van der Waals surface area contributed by atoms with Gasteiger partial charge in [0.15, 0.2) is 0 Å². The van der Waals surface area contributed by atoms with E-state index in [1.807, 2.05) is 27.7 Å². The molecule has 67 heavy (non-hydrogen) atoms. The van der Waals surface area contributed by atoms with E-state index in [0.717, 1.165) is 62.9 Å². The maximum Gasteiger partial charge on any atom is 0.407 e. The smallest absolute Gasteiger partial charge is 0.407 e. The van der Waals surface area contributed by atoms with Crippen LogP contribution in [0.25, 0.3) is 22.1 Å². The number of aromatic nitrogens is 4. The minimum absolute atomic E-state index is 0.00734. The molecular formula is C52H65N9O6. The van der Waals surface area contributed by atoms with Gasteiger partial charge in [-0.05, 0) is 96.0 Å². The number of fused-ring (bicyclic) bond motifs is 2. The summed E-state index contributed by atoms with van der Waals surface area (Å²) in [6.45, 7) is 23.5. The lowest BCUT2D eigenvalue weighted by molar-refractivity contribution is -0.136. The number of ether oxygens (including phenoxy) is 2. The molecule has 0 radical (unpaired) electrons. The number of imidazole rings is 2. The SMILES string of the molecule is C=C1C[C@@H](c2nc3cc([C@H]4CC[C@H](c5ccc6[nH]c([C@@H]7CC(=C)CN7C(=O)[C@@H](NC(=O)OC)C(C)C)nc6c5)N4c4ccc(C(C)(C)C)cc4)ccc3[nH]2)N(C(=O)C(NC(=O)OC)C(C)C)C1. The zero-order valence-electron chi connectivity index (χ0n) is 40.2. The third-order valence-electron chi connectivity index (χ3n) is 13.7. The lowest BCUT2D eigenvalue weighted by atomic mass is 9.87. The average molecular weight is 912 g/mol. The molecule has 8 rings (SSSR count). The first-order chi connectivity index (χ1) is 31.8. The van der Waals surface area contributed by atoms with Gasteiger partial charge in [0.05, 0.1) is 60.5 Å². The summed E-state index contributed by atoms with van der Waals surface area (Å²) in [6, 6.07) is 19.6. The molecule has 1 unspecified atom stereocenters. The Morgan fingerprint density at radius 2 is 1.07 bits per heavy atom. The van der Waals surface area contributed by atoms with Crippen LogP contribution in [0.5, 0.6) is 0 Å². The first-order valence-corrected chi connectivity index (χ1v) is 23.4. The van der Waals surface area contributed by atoms with Crippen LogP contribution in [-0.4, -0.2) is 93.1 Å². The summed E-state index contributed by atoms with van der Waals surface area (Å²) in [4.78, 5) is 75.8. The van der Waals surface area contributed by atoms with Crippen LogP contribution in [0, 0.1) is 11.8 Å². The van der Waals surface area contributed by atoms with Crippen molar-refractivity contribution in [3.8, 4) is 0 Å². The van der Waals surface area contributed by atoms with Gasteiger partial charge in [-0.1, -0.05) is 97.0 Å². The zero-order chi connectivity index (χ0) is 48.1. The number of nitrogens with one attached hydrogen (secondary N) is 4. The molecular weight excluding hydrogens is 847 g/mol. The van der Waals surface area contributed by atoms with E-state index in [1.165, 1.54) is 19.8 Å². The van der Waals surface area contributed by atoms with Gasteiger partial charge in [0.25, 0.3) is 0 Å². The van der Waals surface area contributed by atoms with E-state index in [1.54, 1.807) is 9.80 Å². The first-order valence-electron chi connectivity index (χ1n) is 23.4. The Bertz CT molecular complexity index is 2560. The Hall–Kier alpha value is -6.64. The topological polar surface area (TPSA) is 178 Å². The molecule has 2 aromatic heterocycles. The van der Waals surface area contributed by atoms with Crippen molar-refractivity contribution in [3.05, 3.63) is 113 Å². The van der Waals surface area contributed by atoms with Gasteiger partial charge in [0, 0.05) is 18.8 Å². The van der Waals surface area contributed by atoms with Crippen molar-refractivity contribution in [2.75, 3.05) is 32.2 Å². The van der Waals surface area contributed by atoms with Crippen LogP contribution < -0.4 is 15.5 Å². The number of anilines is 1.